The minimum absolute atomic E-state index is 0.121. The highest BCUT2D eigenvalue weighted by Gasteiger charge is 2.31. The second kappa shape index (κ2) is 8.80. The molecule has 0 bridgehead atoms. The minimum atomic E-state index is -4.71. The molecule has 156 valence electrons. The molecule has 0 heterocycles. The third-order valence-corrected chi connectivity index (χ3v) is 5.09. The normalized spacial score (nSPS) is 11.8. The standard InChI is InChI=1S/C17H15ClF3N3O4S/c1-10(25)23-14-6-5-12(18)8-15(14)24-16(26)9-22-29(27,28)13-4-2-3-11(7-13)17(19,20)21/h2-8,22H,9H2,1H3,(H,23,25)(H,24,26). The molecule has 2 rings (SSSR count). The average Bonchev–Trinajstić information content (AvgIpc) is 2.61. The second-order valence-electron chi connectivity index (χ2n) is 5.77. The van der Waals surface area contributed by atoms with E-state index in [9.17, 15) is 31.2 Å². The Bertz CT molecular complexity index is 1040. The van der Waals surface area contributed by atoms with E-state index in [1.54, 1.807) is 0 Å². The monoisotopic (exact) mass is 449 g/mol. The molecule has 12 heteroatoms. The molecule has 0 spiro atoms. The summed E-state index contributed by atoms with van der Waals surface area (Å²) < 4.78 is 64.6. The molecule has 0 aliphatic rings. The molecule has 2 aromatic rings. The lowest BCUT2D eigenvalue weighted by Crippen LogP contribution is -2.33. The number of amides is 2. The van der Waals surface area contributed by atoms with Crippen LogP contribution in [0.15, 0.2) is 47.4 Å². The maximum Gasteiger partial charge on any atom is 0.416 e. The third kappa shape index (κ3) is 6.44. The molecular formula is C17H15ClF3N3O4S. The molecule has 0 unspecified atom stereocenters. The summed E-state index contributed by atoms with van der Waals surface area (Å²) in [5.41, 5.74) is -0.782. The molecule has 29 heavy (non-hydrogen) atoms. The van der Waals surface area contributed by atoms with Crippen molar-refractivity contribution in [3.8, 4) is 0 Å². The molecule has 0 aliphatic heterocycles. The van der Waals surface area contributed by atoms with Crippen LogP contribution in [-0.4, -0.2) is 26.8 Å². The third-order valence-electron chi connectivity index (χ3n) is 3.46. The molecule has 2 aromatic carbocycles. The summed E-state index contributed by atoms with van der Waals surface area (Å²) in [5.74, 6) is -1.23. The predicted octanol–water partition coefficient (Wildman–Crippen LogP) is 3.23. The first-order valence-electron chi connectivity index (χ1n) is 7.92. The number of anilines is 2. The van der Waals surface area contributed by atoms with Crippen LogP contribution >= 0.6 is 11.6 Å². The lowest BCUT2D eigenvalue weighted by atomic mass is 10.2. The largest absolute Gasteiger partial charge is 0.416 e. The molecule has 2 amide bonds. The number of nitrogens with one attached hydrogen (secondary N) is 3. The lowest BCUT2D eigenvalue weighted by Gasteiger charge is -2.13. The Hall–Kier alpha value is -2.63. The van der Waals surface area contributed by atoms with Crippen molar-refractivity contribution < 1.29 is 31.2 Å². The van der Waals surface area contributed by atoms with Gasteiger partial charge in [-0.3, -0.25) is 9.59 Å². The summed E-state index contributed by atoms with van der Waals surface area (Å²) >= 11 is 5.85. The Kier molecular flexibility index (Phi) is 6.88. The number of hydrogen-bond donors (Lipinski definition) is 3. The van der Waals surface area contributed by atoms with Gasteiger partial charge in [0.25, 0.3) is 0 Å². The fourth-order valence-corrected chi connectivity index (χ4v) is 3.40. The van der Waals surface area contributed by atoms with Gasteiger partial charge >= 0.3 is 6.18 Å². The van der Waals surface area contributed by atoms with E-state index in [1.807, 2.05) is 4.72 Å². The summed E-state index contributed by atoms with van der Waals surface area (Å²) in [5, 5.41) is 5.09. The van der Waals surface area contributed by atoms with Gasteiger partial charge in [-0.1, -0.05) is 17.7 Å². The quantitative estimate of drug-likeness (QED) is 0.629. The Labute approximate surface area is 169 Å². The van der Waals surface area contributed by atoms with E-state index in [4.69, 9.17) is 11.6 Å². The lowest BCUT2D eigenvalue weighted by molar-refractivity contribution is -0.137. The number of sulfonamides is 1. The Morgan fingerprint density at radius 2 is 1.72 bits per heavy atom. The van der Waals surface area contributed by atoms with E-state index in [0.29, 0.717) is 6.07 Å². The van der Waals surface area contributed by atoms with Crippen LogP contribution in [0.2, 0.25) is 5.02 Å². The summed E-state index contributed by atoms with van der Waals surface area (Å²) in [6.07, 6.45) is -4.71. The molecule has 0 radical (unpaired) electrons. The highest BCUT2D eigenvalue weighted by molar-refractivity contribution is 7.89. The van der Waals surface area contributed by atoms with Gasteiger partial charge in [0.15, 0.2) is 0 Å². The summed E-state index contributed by atoms with van der Waals surface area (Å²) in [6, 6.07) is 7.36. The fourth-order valence-electron chi connectivity index (χ4n) is 2.20. The van der Waals surface area contributed by atoms with Gasteiger partial charge in [-0.05, 0) is 36.4 Å². The fraction of sp³-hybridized carbons (Fsp3) is 0.176. The molecule has 0 saturated carbocycles. The second-order valence-corrected chi connectivity index (χ2v) is 7.97. The van der Waals surface area contributed by atoms with Crippen molar-refractivity contribution in [1.82, 2.24) is 4.72 Å². The van der Waals surface area contributed by atoms with Gasteiger partial charge in [0, 0.05) is 11.9 Å². The zero-order valence-corrected chi connectivity index (χ0v) is 16.4. The van der Waals surface area contributed by atoms with E-state index in [2.05, 4.69) is 10.6 Å². The summed E-state index contributed by atoms with van der Waals surface area (Å²) in [6.45, 7) is 0.494. The summed E-state index contributed by atoms with van der Waals surface area (Å²) in [4.78, 5) is 22.7. The highest BCUT2D eigenvalue weighted by atomic mass is 35.5. The first-order valence-corrected chi connectivity index (χ1v) is 9.78. The van der Waals surface area contributed by atoms with Crippen LogP contribution in [0.3, 0.4) is 0 Å². The molecule has 3 N–H and O–H groups in total. The number of hydrogen-bond acceptors (Lipinski definition) is 4. The summed E-state index contributed by atoms with van der Waals surface area (Å²) in [7, 11) is -4.37. The van der Waals surface area contributed by atoms with Gasteiger partial charge in [-0.25, -0.2) is 13.1 Å². The first-order chi connectivity index (χ1) is 13.4. The zero-order chi connectivity index (χ0) is 21.8. The smallest absolute Gasteiger partial charge is 0.325 e. The Morgan fingerprint density at radius 1 is 1.03 bits per heavy atom. The maximum absolute atomic E-state index is 12.8. The molecule has 0 aromatic heterocycles. The van der Waals surface area contributed by atoms with Gasteiger partial charge in [0.2, 0.25) is 21.8 Å². The number of carbonyl (C=O) groups excluding carboxylic acids is 2. The van der Waals surface area contributed by atoms with Crippen LogP contribution in [-0.2, 0) is 25.8 Å². The van der Waals surface area contributed by atoms with Crippen molar-refractivity contribution in [3.05, 3.63) is 53.1 Å². The minimum Gasteiger partial charge on any atom is -0.325 e. The van der Waals surface area contributed by atoms with Crippen molar-refractivity contribution in [2.75, 3.05) is 17.2 Å². The molecule has 0 atom stereocenters. The van der Waals surface area contributed by atoms with E-state index in [-0.39, 0.29) is 16.4 Å². The average molecular weight is 450 g/mol. The maximum atomic E-state index is 12.8. The van der Waals surface area contributed by atoms with Gasteiger partial charge in [-0.15, -0.1) is 0 Å². The SMILES string of the molecule is CC(=O)Nc1ccc(Cl)cc1NC(=O)CNS(=O)(=O)c1cccc(C(F)(F)F)c1. The van der Waals surface area contributed by atoms with Crippen LogP contribution in [0.4, 0.5) is 24.5 Å². The van der Waals surface area contributed by atoms with Gasteiger partial charge in [0.1, 0.15) is 0 Å². The first kappa shape index (κ1) is 22.7. The topological polar surface area (TPSA) is 104 Å². The highest BCUT2D eigenvalue weighted by Crippen LogP contribution is 2.30. The van der Waals surface area contributed by atoms with Crippen LogP contribution in [0, 0.1) is 0 Å². The van der Waals surface area contributed by atoms with Crippen molar-refractivity contribution in [1.29, 1.82) is 0 Å². The van der Waals surface area contributed by atoms with E-state index in [1.165, 1.54) is 25.1 Å². The molecule has 0 aliphatic carbocycles. The van der Waals surface area contributed by atoms with E-state index in [0.717, 1.165) is 18.2 Å². The van der Waals surface area contributed by atoms with Crippen LogP contribution in [0.25, 0.3) is 0 Å². The zero-order valence-electron chi connectivity index (χ0n) is 14.8. The van der Waals surface area contributed by atoms with Crippen molar-refractivity contribution in [2.24, 2.45) is 0 Å². The number of carbonyl (C=O) groups is 2. The predicted molar refractivity (Wildman–Crippen MR) is 101 cm³/mol. The van der Waals surface area contributed by atoms with Gasteiger partial charge in [-0.2, -0.15) is 13.2 Å². The van der Waals surface area contributed by atoms with Crippen LogP contribution in [0.5, 0.6) is 0 Å². The Balaban J connectivity index is 2.11. The molecule has 0 fully saturated rings. The van der Waals surface area contributed by atoms with E-state index >= 15 is 0 Å². The number of halogens is 4. The van der Waals surface area contributed by atoms with Crippen LogP contribution < -0.4 is 15.4 Å². The van der Waals surface area contributed by atoms with Crippen molar-refractivity contribution >= 4 is 44.8 Å². The molecule has 7 nitrogen and oxygen atoms in total. The van der Waals surface area contributed by atoms with E-state index < -0.39 is 45.0 Å². The molecule has 0 saturated heterocycles. The van der Waals surface area contributed by atoms with Crippen LogP contribution in [0.1, 0.15) is 12.5 Å². The number of benzene rings is 2. The van der Waals surface area contributed by atoms with Gasteiger partial charge in [0.05, 0.1) is 28.4 Å². The van der Waals surface area contributed by atoms with Crippen molar-refractivity contribution in [2.45, 2.75) is 18.0 Å². The number of rotatable bonds is 6. The van der Waals surface area contributed by atoms with Gasteiger partial charge < -0.3 is 10.6 Å². The Morgan fingerprint density at radius 3 is 2.34 bits per heavy atom. The molecular weight excluding hydrogens is 435 g/mol. The van der Waals surface area contributed by atoms with Crippen molar-refractivity contribution in [3.63, 3.8) is 0 Å². The number of alkyl halides is 3.